The lowest BCUT2D eigenvalue weighted by Crippen LogP contribution is -2.35. The fraction of sp³-hybridized carbons (Fsp3) is 0.158. The molecule has 26 heavy (non-hydrogen) atoms. The average molecular weight is 348 g/mol. The Kier molecular flexibility index (Phi) is 5.38. The van der Waals surface area contributed by atoms with E-state index in [4.69, 9.17) is 0 Å². The molecular formula is C19H20N6O. The van der Waals surface area contributed by atoms with Crippen LogP contribution in [0.3, 0.4) is 0 Å². The van der Waals surface area contributed by atoms with Crippen LogP contribution < -0.4 is 10.2 Å². The minimum Gasteiger partial charge on any atom is -0.376 e. The second-order valence-electron chi connectivity index (χ2n) is 5.74. The van der Waals surface area contributed by atoms with Crippen molar-refractivity contribution >= 4 is 17.3 Å². The molecule has 0 saturated carbocycles. The molecule has 2 aromatic carbocycles. The number of nitrogens with one attached hydrogen (secondary N) is 1. The number of aromatic nitrogens is 4. The molecule has 7 nitrogen and oxygen atoms in total. The molecule has 0 saturated heterocycles. The van der Waals surface area contributed by atoms with Gasteiger partial charge in [0.25, 0.3) is 0 Å². The standard InChI is InChI=1S/C19H20N6O/c1-3-11-24(17-7-5-4-6-8-17)19(26)13-20-16-9-10-18(15(2)12-16)25-14-21-22-23-25/h3-10,12,14,20H,1,11,13H2,2H3. The molecule has 0 aliphatic carbocycles. The van der Waals surface area contributed by atoms with E-state index < -0.39 is 0 Å². The van der Waals surface area contributed by atoms with E-state index in [1.165, 1.54) is 0 Å². The molecule has 0 atom stereocenters. The first-order valence-electron chi connectivity index (χ1n) is 8.23. The maximum Gasteiger partial charge on any atom is 0.246 e. The van der Waals surface area contributed by atoms with Gasteiger partial charge in [0.2, 0.25) is 5.91 Å². The van der Waals surface area contributed by atoms with Gasteiger partial charge in [-0.15, -0.1) is 11.7 Å². The summed E-state index contributed by atoms with van der Waals surface area (Å²) in [6, 6.07) is 15.3. The predicted octanol–water partition coefficient (Wildman–Crippen LogP) is 2.60. The van der Waals surface area contributed by atoms with Gasteiger partial charge in [-0.05, 0) is 53.2 Å². The Morgan fingerprint density at radius 3 is 2.73 bits per heavy atom. The molecule has 1 amide bonds. The number of carbonyl (C=O) groups excluding carboxylic acids is 1. The Bertz CT molecular complexity index is 876. The maximum absolute atomic E-state index is 12.6. The number of hydrogen-bond acceptors (Lipinski definition) is 5. The van der Waals surface area contributed by atoms with Crippen molar-refractivity contribution < 1.29 is 4.79 Å². The Balaban J connectivity index is 1.68. The van der Waals surface area contributed by atoms with Crippen LogP contribution in [0.5, 0.6) is 0 Å². The molecule has 3 rings (SSSR count). The Morgan fingerprint density at radius 2 is 2.08 bits per heavy atom. The van der Waals surface area contributed by atoms with Gasteiger partial charge >= 0.3 is 0 Å². The van der Waals surface area contributed by atoms with Gasteiger partial charge in [-0.25, -0.2) is 4.68 Å². The van der Waals surface area contributed by atoms with Crippen molar-refractivity contribution in [3.63, 3.8) is 0 Å². The first kappa shape index (κ1) is 17.3. The van der Waals surface area contributed by atoms with E-state index in [0.29, 0.717) is 6.54 Å². The zero-order valence-corrected chi connectivity index (χ0v) is 14.5. The van der Waals surface area contributed by atoms with Gasteiger partial charge in [0.15, 0.2) is 0 Å². The van der Waals surface area contributed by atoms with Crippen molar-refractivity contribution in [1.82, 2.24) is 20.2 Å². The predicted molar refractivity (Wildman–Crippen MR) is 101 cm³/mol. The summed E-state index contributed by atoms with van der Waals surface area (Å²) in [5, 5.41) is 14.4. The van der Waals surface area contributed by atoms with E-state index in [1.807, 2.05) is 55.5 Å². The van der Waals surface area contributed by atoms with Crippen molar-refractivity contribution in [1.29, 1.82) is 0 Å². The Hall–Kier alpha value is -3.48. The summed E-state index contributed by atoms with van der Waals surface area (Å²) in [5.41, 5.74) is 3.61. The van der Waals surface area contributed by atoms with E-state index in [1.54, 1.807) is 22.0 Å². The number of hydrogen-bond donors (Lipinski definition) is 1. The van der Waals surface area contributed by atoms with E-state index in [0.717, 1.165) is 22.6 Å². The maximum atomic E-state index is 12.6. The minimum atomic E-state index is -0.0293. The molecule has 7 heteroatoms. The summed E-state index contributed by atoms with van der Waals surface area (Å²) in [6.07, 6.45) is 3.27. The van der Waals surface area contributed by atoms with Crippen LogP contribution in [0.1, 0.15) is 5.56 Å². The molecule has 0 spiro atoms. The van der Waals surface area contributed by atoms with E-state index in [2.05, 4.69) is 27.4 Å². The number of tetrazole rings is 1. The Morgan fingerprint density at radius 1 is 1.27 bits per heavy atom. The van der Waals surface area contributed by atoms with Crippen LogP contribution in [-0.2, 0) is 4.79 Å². The molecule has 0 bridgehead atoms. The van der Waals surface area contributed by atoms with Crippen LogP contribution in [0, 0.1) is 6.92 Å². The number of para-hydroxylation sites is 1. The van der Waals surface area contributed by atoms with Crippen molar-refractivity contribution in [3.05, 3.63) is 73.1 Å². The molecule has 3 aromatic rings. The number of nitrogens with zero attached hydrogens (tertiary/aromatic N) is 5. The van der Waals surface area contributed by atoms with E-state index >= 15 is 0 Å². The third-order valence-corrected chi connectivity index (χ3v) is 3.92. The summed E-state index contributed by atoms with van der Waals surface area (Å²) < 4.78 is 1.60. The number of aryl methyl sites for hydroxylation is 1. The monoisotopic (exact) mass is 348 g/mol. The van der Waals surface area contributed by atoms with Crippen LogP contribution >= 0.6 is 0 Å². The second-order valence-corrected chi connectivity index (χ2v) is 5.74. The van der Waals surface area contributed by atoms with Crippen LogP contribution in [0.25, 0.3) is 5.69 Å². The summed E-state index contributed by atoms with van der Waals surface area (Å²) >= 11 is 0. The topological polar surface area (TPSA) is 75.9 Å². The van der Waals surface area contributed by atoms with Gasteiger partial charge in [0, 0.05) is 17.9 Å². The van der Waals surface area contributed by atoms with Crippen LogP contribution in [0.15, 0.2) is 67.5 Å². The first-order valence-corrected chi connectivity index (χ1v) is 8.23. The fourth-order valence-electron chi connectivity index (χ4n) is 2.66. The van der Waals surface area contributed by atoms with Crippen molar-refractivity contribution in [2.75, 3.05) is 23.3 Å². The molecule has 1 N–H and O–H groups in total. The molecule has 0 unspecified atom stereocenters. The van der Waals surface area contributed by atoms with Gasteiger partial charge in [-0.3, -0.25) is 4.79 Å². The smallest absolute Gasteiger partial charge is 0.246 e. The van der Waals surface area contributed by atoms with Gasteiger partial charge in [-0.1, -0.05) is 24.3 Å². The zero-order valence-electron chi connectivity index (χ0n) is 14.5. The second kappa shape index (κ2) is 8.06. The van der Waals surface area contributed by atoms with Crippen LogP contribution in [0.4, 0.5) is 11.4 Å². The molecule has 0 fully saturated rings. The lowest BCUT2D eigenvalue weighted by Gasteiger charge is -2.22. The molecule has 0 aliphatic rings. The highest BCUT2D eigenvalue weighted by atomic mass is 16.2. The normalized spacial score (nSPS) is 10.3. The number of benzene rings is 2. The number of anilines is 2. The fourth-order valence-corrected chi connectivity index (χ4v) is 2.66. The highest BCUT2D eigenvalue weighted by Gasteiger charge is 2.14. The minimum absolute atomic E-state index is 0.0293. The van der Waals surface area contributed by atoms with Gasteiger partial charge < -0.3 is 10.2 Å². The largest absolute Gasteiger partial charge is 0.376 e. The van der Waals surface area contributed by atoms with Crippen molar-refractivity contribution in [2.45, 2.75) is 6.92 Å². The summed E-state index contributed by atoms with van der Waals surface area (Å²) in [7, 11) is 0. The average Bonchev–Trinajstić information content (AvgIpc) is 3.19. The molecular weight excluding hydrogens is 328 g/mol. The summed E-state index contributed by atoms with van der Waals surface area (Å²) in [4.78, 5) is 14.3. The van der Waals surface area contributed by atoms with Crippen LogP contribution in [0.2, 0.25) is 0 Å². The number of amides is 1. The van der Waals surface area contributed by atoms with E-state index in [-0.39, 0.29) is 12.5 Å². The molecule has 0 aliphatic heterocycles. The molecule has 1 aromatic heterocycles. The molecule has 132 valence electrons. The summed E-state index contributed by atoms with van der Waals surface area (Å²) in [6.45, 7) is 6.36. The Labute approximate surface area is 152 Å². The van der Waals surface area contributed by atoms with Gasteiger partial charge in [-0.2, -0.15) is 0 Å². The quantitative estimate of drug-likeness (QED) is 0.664. The highest BCUT2D eigenvalue weighted by Crippen LogP contribution is 2.18. The molecule has 0 radical (unpaired) electrons. The SMILES string of the molecule is C=CCN(C(=O)CNc1ccc(-n2cnnn2)c(C)c1)c1ccccc1. The zero-order chi connectivity index (χ0) is 18.4. The van der Waals surface area contributed by atoms with E-state index in [9.17, 15) is 4.79 Å². The lowest BCUT2D eigenvalue weighted by atomic mass is 10.2. The lowest BCUT2D eigenvalue weighted by molar-refractivity contribution is -0.116. The first-order chi connectivity index (χ1) is 12.7. The third-order valence-electron chi connectivity index (χ3n) is 3.92. The van der Waals surface area contributed by atoms with Crippen molar-refractivity contribution in [3.8, 4) is 5.69 Å². The summed E-state index contributed by atoms with van der Waals surface area (Å²) in [5.74, 6) is -0.0293. The highest BCUT2D eigenvalue weighted by molar-refractivity contribution is 5.96. The number of carbonyl (C=O) groups is 1. The number of rotatable bonds is 7. The van der Waals surface area contributed by atoms with Crippen molar-refractivity contribution in [2.24, 2.45) is 0 Å². The van der Waals surface area contributed by atoms with Crippen LogP contribution in [-0.4, -0.2) is 39.2 Å². The molecule has 1 heterocycles. The van der Waals surface area contributed by atoms with Gasteiger partial charge in [0.05, 0.1) is 12.2 Å². The van der Waals surface area contributed by atoms with Gasteiger partial charge in [0.1, 0.15) is 6.33 Å². The third kappa shape index (κ3) is 3.94.